The number of halogens is 1. The first-order valence-corrected chi connectivity index (χ1v) is 11.6. The van der Waals surface area contributed by atoms with Crippen LogP contribution in [-0.2, 0) is 11.4 Å². The van der Waals surface area contributed by atoms with Gasteiger partial charge in [0.1, 0.15) is 6.61 Å². The lowest BCUT2D eigenvalue weighted by Crippen LogP contribution is -2.28. The van der Waals surface area contributed by atoms with E-state index in [1.165, 1.54) is 11.0 Å². The van der Waals surface area contributed by atoms with E-state index in [4.69, 9.17) is 14.6 Å². The molecule has 0 aliphatic carbocycles. The van der Waals surface area contributed by atoms with E-state index in [9.17, 15) is 14.4 Å². The Bertz CT molecular complexity index is 1080. The summed E-state index contributed by atoms with van der Waals surface area (Å²) in [6, 6.07) is 10.0. The van der Waals surface area contributed by atoms with Crippen molar-refractivity contribution in [1.29, 1.82) is 0 Å². The number of thioether (sulfide) groups is 1. The maximum atomic E-state index is 12.5. The number of carboxylic acid groups (broad SMARTS) is 1. The van der Waals surface area contributed by atoms with Crippen molar-refractivity contribution >= 4 is 50.9 Å². The number of hydrogen-bond acceptors (Lipinski definition) is 6. The number of rotatable bonds is 9. The van der Waals surface area contributed by atoms with Gasteiger partial charge in [-0.05, 0) is 82.5 Å². The van der Waals surface area contributed by atoms with Crippen LogP contribution in [0.1, 0.15) is 41.8 Å². The summed E-state index contributed by atoms with van der Waals surface area (Å²) >= 11 is 4.42. The Labute approximate surface area is 198 Å². The second-order valence-electron chi connectivity index (χ2n) is 6.89. The van der Waals surface area contributed by atoms with Gasteiger partial charge in [0.15, 0.2) is 11.5 Å². The van der Waals surface area contributed by atoms with Crippen molar-refractivity contribution in [3.63, 3.8) is 0 Å². The van der Waals surface area contributed by atoms with Crippen LogP contribution in [0.4, 0.5) is 4.79 Å². The first kappa shape index (κ1) is 23.9. The molecule has 32 heavy (non-hydrogen) atoms. The van der Waals surface area contributed by atoms with E-state index in [0.29, 0.717) is 51.6 Å². The van der Waals surface area contributed by atoms with Crippen LogP contribution < -0.4 is 9.47 Å². The summed E-state index contributed by atoms with van der Waals surface area (Å²) in [6.07, 6.45) is 2.36. The lowest BCUT2D eigenvalue weighted by molar-refractivity contribution is -0.122. The molecule has 1 aliphatic heterocycles. The molecule has 1 fully saturated rings. The Morgan fingerprint density at radius 2 is 1.97 bits per heavy atom. The second kappa shape index (κ2) is 10.7. The largest absolute Gasteiger partial charge is 0.490 e. The van der Waals surface area contributed by atoms with E-state index in [1.807, 2.05) is 13.8 Å². The molecule has 0 saturated carbocycles. The average molecular weight is 520 g/mol. The SMILES string of the molecule is CCCN1C(=O)S/C(=C/c2cc(Br)c(OCc3cccc(C(=O)O)c3)c(OCC)c2)C1=O. The van der Waals surface area contributed by atoms with Crippen LogP contribution in [-0.4, -0.2) is 40.3 Å². The van der Waals surface area contributed by atoms with Crippen LogP contribution >= 0.6 is 27.7 Å². The number of imide groups is 1. The zero-order chi connectivity index (χ0) is 23.3. The van der Waals surface area contributed by atoms with Gasteiger partial charge in [0.2, 0.25) is 0 Å². The summed E-state index contributed by atoms with van der Waals surface area (Å²) in [4.78, 5) is 37.4. The van der Waals surface area contributed by atoms with Crippen LogP contribution in [0.5, 0.6) is 11.5 Å². The van der Waals surface area contributed by atoms with Crippen molar-refractivity contribution in [2.24, 2.45) is 0 Å². The maximum Gasteiger partial charge on any atom is 0.335 e. The molecule has 0 radical (unpaired) electrons. The third-order valence-electron chi connectivity index (χ3n) is 4.51. The topological polar surface area (TPSA) is 93.1 Å². The normalized spacial score (nSPS) is 14.8. The highest BCUT2D eigenvalue weighted by Gasteiger charge is 2.34. The van der Waals surface area contributed by atoms with Crippen LogP contribution in [0.25, 0.3) is 6.08 Å². The molecule has 7 nitrogen and oxygen atoms in total. The standard InChI is InChI=1S/C23H22BrNO6S/c1-3-8-25-21(26)19(32-23(25)29)12-15-10-17(24)20(18(11-15)30-4-2)31-13-14-6-5-7-16(9-14)22(27)28/h5-7,9-12H,3-4,8,13H2,1-2H3,(H,27,28)/b19-12+. The first-order chi connectivity index (χ1) is 15.3. The minimum atomic E-state index is -1.00. The monoisotopic (exact) mass is 519 g/mol. The molecule has 1 saturated heterocycles. The summed E-state index contributed by atoms with van der Waals surface area (Å²) in [5.41, 5.74) is 1.57. The van der Waals surface area contributed by atoms with Gasteiger partial charge in [-0.15, -0.1) is 0 Å². The highest BCUT2D eigenvalue weighted by atomic mass is 79.9. The van der Waals surface area contributed by atoms with Gasteiger partial charge >= 0.3 is 5.97 Å². The molecule has 0 atom stereocenters. The summed E-state index contributed by atoms with van der Waals surface area (Å²) in [5.74, 6) is -0.371. The van der Waals surface area contributed by atoms with Gasteiger partial charge in [0.05, 0.1) is 21.5 Å². The number of benzene rings is 2. The van der Waals surface area contributed by atoms with Crippen LogP contribution in [0.3, 0.4) is 0 Å². The molecule has 1 aliphatic rings. The summed E-state index contributed by atoms with van der Waals surface area (Å²) in [6.45, 7) is 4.69. The Balaban J connectivity index is 1.85. The van der Waals surface area contributed by atoms with Gasteiger partial charge in [-0.1, -0.05) is 19.1 Å². The fraction of sp³-hybridized carbons (Fsp3) is 0.261. The first-order valence-electron chi connectivity index (χ1n) is 10.0. The van der Waals surface area contributed by atoms with Gasteiger partial charge < -0.3 is 14.6 Å². The smallest absolute Gasteiger partial charge is 0.335 e. The molecule has 2 aromatic carbocycles. The van der Waals surface area contributed by atoms with Crippen molar-refractivity contribution in [3.8, 4) is 11.5 Å². The molecule has 2 amide bonds. The Morgan fingerprint density at radius 3 is 2.66 bits per heavy atom. The molecule has 2 aromatic rings. The number of carbonyl (C=O) groups is 3. The Morgan fingerprint density at radius 1 is 1.19 bits per heavy atom. The van der Waals surface area contributed by atoms with E-state index >= 15 is 0 Å². The highest BCUT2D eigenvalue weighted by molar-refractivity contribution is 9.10. The van der Waals surface area contributed by atoms with Crippen molar-refractivity contribution in [2.75, 3.05) is 13.2 Å². The average Bonchev–Trinajstić information content (AvgIpc) is 3.01. The molecule has 0 unspecified atom stereocenters. The maximum absolute atomic E-state index is 12.5. The second-order valence-corrected chi connectivity index (χ2v) is 8.74. The lowest BCUT2D eigenvalue weighted by Gasteiger charge is -2.15. The van der Waals surface area contributed by atoms with Crippen molar-refractivity contribution in [2.45, 2.75) is 26.9 Å². The van der Waals surface area contributed by atoms with E-state index < -0.39 is 5.97 Å². The quantitative estimate of drug-likeness (QED) is 0.432. The van der Waals surface area contributed by atoms with E-state index in [-0.39, 0.29) is 23.3 Å². The number of carboxylic acids is 1. The number of amides is 2. The molecular formula is C23H22BrNO6S. The number of ether oxygens (including phenoxy) is 2. The number of nitrogens with zero attached hydrogens (tertiary/aromatic N) is 1. The van der Waals surface area contributed by atoms with Crippen molar-refractivity contribution in [1.82, 2.24) is 4.90 Å². The highest BCUT2D eigenvalue weighted by Crippen LogP contribution is 2.39. The predicted octanol–water partition coefficient (Wildman–Crippen LogP) is 5.57. The minimum Gasteiger partial charge on any atom is -0.490 e. The van der Waals surface area contributed by atoms with E-state index in [1.54, 1.807) is 36.4 Å². The Kier molecular flexibility index (Phi) is 7.98. The van der Waals surface area contributed by atoms with Crippen molar-refractivity contribution in [3.05, 3.63) is 62.5 Å². The van der Waals surface area contributed by atoms with Gasteiger partial charge in [0, 0.05) is 6.54 Å². The third kappa shape index (κ3) is 5.52. The zero-order valence-electron chi connectivity index (χ0n) is 17.6. The fourth-order valence-corrected chi connectivity index (χ4v) is 4.53. The molecule has 1 N–H and O–H groups in total. The third-order valence-corrected chi connectivity index (χ3v) is 6.00. The molecule has 0 aromatic heterocycles. The molecule has 3 rings (SSSR count). The molecule has 1 heterocycles. The molecule has 168 valence electrons. The lowest BCUT2D eigenvalue weighted by atomic mass is 10.1. The summed E-state index contributed by atoms with van der Waals surface area (Å²) < 4.78 is 12.3. The van der Waals surface area contributed by atoms with Crippen LogP contribution in [0, 0.1) is 0 Å². The fourth-order valence-electron chi connectivity index (χ4n) is 3.09. The molecular weight excluding hydrogens is 498 g/mol. The minimum absolute atomic E-state index is 0.148. The van der Waals surface area contributed by atoms with Crippen LogP contribution in [0.2, 0.25) is 0 Å². The number of aromatic carboxylic acids is 1. The Hall–Kier alpha value is -2.78. The van der Waals surface area contributed by atoms with E-state index in [0.717, 1.165) is 11.8 Å². The molecule has 0 bridgehead atoms. The summed E-state index contributed by atoms with van der Waals surface area (Å²) in [7, 11) is 0. The summed E-state index contributed by atoms with van der Waals surface area (Å²) in [5, 5.41) is 8.89. The number of carbonyl (C=O) groups excluding carboxylic acids is 2. The van der Waals surface area contributed by atoms with E-state index in [2.05, 4.69) is 15.9 Å². The van der Waals surface area contributed by atoms with Gasteiger partial charge in [-0.25, -0.2) is 4.79 Å². The van der Waals surface area contributed by atoms with Gasteiger partial charge in [-0.3, -0.25) is 14.5 Å². The molecule has 0 spiro atoms. The van der Waals surface area contributed by atoms with Gasteiger partial charge in [0.25, 0.3) is 11.1 Å². The van der Waals surface area contributed by atoms with Crippen molar-refractivity contribution < 1.29 is 29.0 Å². The molecule has 9 heteroatoms. The van der Waals surface area contributed by atoms with Gasteiger partial charge in [-0.2, -0.15) is 0 Å². The zero-order valence-corrected chi connectivity index (χ0v) is 20.0. The number of hydrogen-bond donors (Lipinski definition) is 1. The van der Waals surface area contributed by atoms with Crippen LogP contribution in [0.15, 0.2) is 45.8 Å². The predicted molar refractivity (Wildman–Crippen MR) is 126 cm³/mol.